The lowest BCUT2D eigenvalue weighted by atomic mass is 9.98. The zero-order chi connectivity index (χ0) is 24.3. The third kappa shape index (κ3) is 6.34. The Morgan fingerprint density at radius 3 is 1.24 bits per heavy atom. The van der Waals surface area contributed by atoms with Gasteiger partial charge in [-0.25, -0.2) is 14.4 Å². The Balaban J connectivity index is 0.000000191. The number of benzene rings is 4. The summed E-state index contributed by atoms with van der Waals surface area (Å²) in [6.45, 7) is 0. The number of esters is 2. The zero-order valence-electron chi connectivity index (χ0n) is 18.0. The minimum atomic E-state index is -1.09. The highest BCUT2D eigenvalue weighted by Gasteiger charge is 2.16. The van der Waals surface area contributed by atoms with Crippen LogP contribution in [0.3, 0.4) is 0 Å². The molecule has 0 unspecified atom stereocenters. The molecule has 0 spiro atoms. The summed E-state index contributed by atoms with van der Waals surface area (Å²) in [5, 5.41) is 9.01. The molecule has 1 N–H and O–H groups in total. The molecule has 0 radical (unpaired) electrons. The second kappa shape index (κ2) is 11.7. The van der Waals surface area contributed by atoms with Crippen LogP contribution >= 0.6 is 0 Å². The minimum Gasteiger partial charge on any atom is -0.478 e. The van der Waals surface area contributed by atoms with Crippen LogP contribution in [0.5, 0.6) is 0 Å². The van der Waals surface area contributed by atoms with E-state index < -0.39 is 17.9 Å². The number of ether oxygens (including phenoxy) is 1. The van der Waals surface area contributed by atoms with Crippen LogP contribution in [0.25, 0.3) is 0 Å². The highest BCUT2D eigenvalue weighted by molar-refractivity contribution is 6.14. The minimum absolute atomic E-state index is 0.0290. The molecule has 0 aliphatic rings. The van der Waals surface area contributed by atoms with Crippen molar-refractivity contribution < 1.29 is 29.0 Å². The van der Waals surface area contributed by atoms with Crippen LogP contribution in [0.2, 0.25) is 0 Å². The Morgan fingerprint density at radius 1 is 0.471 bits per heavy atom. The molecule has 4 aromatic rings. The lowest BCUT2D eigenvalue weighted by molar-refractivity contribution is 0.0397. The van der Waals surface area contributed by atoms with Crippen LogP contribution in [0, 0.1) is 0 Å². The van der Waals surface area contributed by atoms with Crippen LogP contribution in [0.1, 0.15) is 47.0 Å². The summed E-state index contributed by atoms with van der Waals surface area (Å²) >= 11 is 0. The van der Waals surface area contributed by atoms with Gasteiger partial charge in [0.15, 0.2) is 5.78 Å². The number of carbonyl (C=O) groups excluding carboxylic acids is 3. The smallest absolute Gasteiger partial charge is 0.346 e. The van der Waals surface area contributed by atoms with Crippen LogP contribution < -0.4 is 0 Å². The summed E-state index contributed by atoms with van der Waals surface area (Å²) in [6.07, 6.45) is 0. The number of carboxylic acid groups (broad SMARTS) is 1. The maximum absolute atomic E-state index is 12.1. The van der Waals surface area contributed by atoms with Gasteiger partial charge in [-0.05, 0) is 30.3 Å². The molecule has 0 saturated carbocycles. The van der Waals surface area contributed by atoms with E-state index in [2.05, 4.69) is 0 Å². The number of rotatable bonds is 5. The SMILES string of the molecule is O=C(O)c1ccccc1C(=O)c1ccccc1.O=C(OC(=O)c1ccccc1)c1ccccc1. The largest absolute Gasteiger partial charge is 0.478 e. The van der Waals surface area contributed by atoms with Gasteiger partial charge in [-0.2, -0.15) is 0 Å². The Hall–Kier alpha value is -4.84. The molecule has 168 valence electrons. The number of hydrogen-bond acceptors (Lipinski definition) is 5. The van der Waals surface area contributed by atoms with Crippen molar-refractivity contribution in [3.63, 3.8) is 0 Å². The lowest BCUT2D eigenvalue weighted by Gasteiger charge is -2.04. The van der Waals surface area contributed by atoms with Crippen molar-refractivity contribution in [3.8, 4) is 0 Å². The van der Waals surface area contributed by atoms with Gasteiger partial charge < -0.3 is 9.84 Å². The molecule has 0 atom stereocenters. The number of carbonyl (C=O) groups is 4. The summed E-state index contributed by atoms with van der Waals surface area (Å²) in [5.41, 5.74) is 1.45. The fraction of sp³-hybridized carbons (Fsp3) is 0. The second-order valence-electron chi connectivity index (χ2n) is 6.95. The van der Waals surface area contributed by atoms with Gasteiger partial charge >= 0.3 is 17.9 Å². The van der Waals surface area contributed by atoms with Gasteiger partial charge in [0.25, 0.3) is 0 Å². The molecule has 0 heterocycles. The Labute approximate surface area is 196 Å². The maximum atomic E-state index is 12.1. The van der Waals surface area contributed by atoms with E-state index in [0.717, 1.165) is 0 Å². The lowest BCUT2D eigenvalue weighted by Crippen LogP contribution is -2.12. The fourth-order valence-electron chi connectivity index (χ4n) is 2.96. The fourth-order valence-corrected chi connectivity index (χ4v) is 2.96. The number of aromatic carboxylic acids is 1. The number of carboxylic acids is 1. The quantitative estimate of drug-likeness (QED) is 0.251. The summed E-state index contributed by atoms with van der Waals surface area (Å²) in [5.74, 6) is -2.65. The molecule has 4 rings (SSSR count). The van der Waals surface area contributed by atoms with E-state index in [4.69, 9.17) is 9.84 Å². The van der Waals surface area contributed by atoms with E-state index in [9.17, 15) is 19.2 Å². The van der Waals surface area contributed by atoms with E-state index in [1.807, 2.05) is 0 Å². The van der Waals surface area contributed by atoms with Gasteiger partial charge in [-0.1, -0.05) is 84.9 Å². The summed E-state index contributed by atoms with van der Waals surface area (Å²) in [7, 11) is 0. The van der Waals surface area contributed by atoms with E-state index in [-0.39, 0.29) is 16.9 Å². The molecule has 0 fully saturated rings. The second-order valence-corrected chi connectivity index (χ2v) is 6.95. The van der Waals surface area contributed by atoms with Gasteiger partial charge in [0.1, 0.15) is 0 Å². The summed E-state index contributed by atoms with van der Waals surface area (Å²) in [4.78, 5) is 46.3. The van der Waals surface area contributed by atoms with Crippen molar-refractivity contribution in [1.82, 2.24) is 0 Å². The number of hydrogen-bond donors (Lipinski definition) is 1. The van der Waals surface area contributed by atoms with Crippen LogP contribution in [0.4, 0.5) is 0 Å². The van der Waals surface area contributed by atoms with Crippen molar-refractivity contribution >= 4 is 23.7 Å². The average molecular weight is 452 g/mol. The van der Waals surface area contributed by atoms with Crippen molar-refractivity contribution in [2.45, 2.75) is 0 Å². The molecule has 0 amide bonds. The first-order chi connectivity index (χ1) is 16.5. The first-order valence-electron chi connectivity index (χ1n) is 10.3. The average Bonchev–Trinajstić information content (AvgIpc) is 2.90. The molecular formula is C28H20O6. The molecule has 0 aliphatic carbocycles. The van der Waals surface area contributed by atoms with Gasteiger partial charge in [-0.15, -0.1) is 0 Å². The Bertz CT molecular complexity index is 1230. The molecule has 0 bridgehead atoms. The molecule has 0 aromatic heterocycles. The summed E-state index contributed by atoms with van der Waals surface area (Å²) < 4.78 is 4.74. The van der Waals surface area contributed by atoms with Crippen LogP contribution in [0.15, 0.2) is 115 Å². The van der Waals surface area contributed by atoms with E-state index in [1.165, 1.54) is 12.1 Å². The zero-order valence-corrected chi connectivity index (χ0v) is 18.0. The van der Waals surface area contributed by atoms with Crippen LogP contribution in [-0.2, 0) is 4.74 Å². The molecule has 6 heteroatoms. The molecule has 34 heavy (non-hydrogen) atoms. The van der Waals surface area contributed by atoms with Gasteiger partial charge in [0, 0.05) is 11.1 Å². The molecule has 6 nitrogen and oxygen atoms in total. The van der Waals surface area contributed by atoms with Crippen molar-refractivity contribution in [2.24, 2.45) is 0 Å². The van der Waals surface area contributed by atoms with Gasteiger partial charge in [0.05, 0.1) is 16.7 Å². The van der Waals surface area contributed by atoms with E-state index in [1.54, 1.807) is 103 Å². The predicted octanol–water partition coefficient (Wildman–Crippen LogP) is 5.30. The van der Waals surface area contributed by atoms with E-state index >= 15 is 0 Å². The highest BCUT2D eigenvalue weighted by Crippen LogP contribution is 2.14. The molecule has 0 aliphatic heterocycles. The first kappa shape index (κ1) is 23.8. The standard InChI is InChI=1S/2C14H10O3/c15-13(11-7-3-1-4-8-11)17-14(16)12-9-5-2-6-10-12;15-13(10-6-2-1-3-7-10)11-8-4-5-9-12(11)14(16)17/h1-10H;1-9H,(H,16,17). The predicted molar refractivity (Wildman–Crippen MR) is 126 cm³/mol. The van der Waals surface area contributed by atoms with Crippen LogP contribution in [-0.4, -0.2) is 28.8 Å². The third-order valence-electron chi connectivity index (χ3n) is 4.64. The highest BCUT2D eigenvalue weighted by atomic mass is 16.6. The summed E-state index contributed by atoms with van der Waals surface area (Å²) in [6, 6.07) is 31.7. The van der Waals surface area contributed by atoms with Crippen molar-refractivity contribution in [3.05, 3.63) is 143 Å². The first-order valence-corrected chi connectivity index (χ1v) is 10.3. The van der Waals surface area contributed by atoms with Crippen molar-refractivity contribution in [1.29, 1.82) is 0 Å². The maximum Gasteiger partial charge on any atom is 0.346 e. The van der Waals surface area contributed by atoms with E-state index in [0.29, 0.717) is 16.7 Å². The number of ketones is 1. The van der Waals surface area contributed by atoms with Gasteiger partial charge in [-0.3, -0.25) is 4.79 Å². The third-order valence-corrected chi connectivity index (χ3v) is 4.64. The normalized spacial score (nSPS) is 9.76. The monoisotopic (exact) mass is 452 g/mol. The molecule has 0 saturated heterocycles. The topological polar surface area (TPSA) is 97.7 Å². The Kier molecular flexibility index (Phi) is 8.19. The molecular weight excluding hydrogens is 432 g/mol. The molecule has 4 aromatic carbocycles. The van der Waals surface area contributed by atoms with Crippen molar-refractivity contribution in [2.75, 3.05) is 0 Å². The Morgan fingerprint density at radius 2 is 0.824 bits per heavy atom. The van der Waals surface area contributed by atoms with Gasteiger partial charge in [0.2, 0.25) is 0 Å².